The first-order valence-corrected chi connectivity index (χ1v) is 8.94. The second-order valence-corrected chi connectivity index (χ2v) is 6.91. The van der Waals surface area contributed by atoms with Gasteiger partial charge in [-0.25, -0.2) is 0 Å². The van der Waals surface area contributed by atoms with Crippen LogP contribution in [0.25, 0.3) is 0 Å². The van der Waals surface area contributed by atoms with Gasteiger partial charge in [-0.15, -0.1) is 11.3 Å². The Morgan fingerprint density at radius 3 is 2.54 bits per heavy atom. The molecule has 24 heavy (non-hydrogen) atoms. The number of nitrogens with one attached hydrogen (secondary N) is 1. The first-order valence-electron chi connectivity index (χ1n) is 8.06. The predicted octanol–water partition coefficient (Wildman–Crippen LogP) is 2.78. The van der Waals surface area contributed by atoms with E-state index in [4.69, 9.17) is 0 Å². The fourth-order valence-electron chi connectivity index (χ4n) is 2.73. The van der Waals surface area contributed by atoms with E-state index in [0.29, 0.717) is 16.1 Å². The summed E-state index contributed by atoms with van der Waals surface area (Å²) in [7, 11) is 2.08. The summed E-state index contributed by atoms with van der Waals surface area (Å²) in [6, 6.07) is 10.8. The Hall–Kier alpha value is -2.18. The van der Waals surface area contributed by atoms with Crippen LogP contribution in [0.4, 0.5) is 5.69 Å². The lowest BCUT2D eigenvalue weighted by Gasteiger charge is -2.20. The zero-order valence-electron chi connectivity index (χ0n) is 13.7. The van der Waals surface area contributed by atoms with E-state index in [0.717, 1.165) is 32.6 Å². The van der Waals surface area contributed by atoms with Crippen molar-refractivity contribution in [3.8, 4) is 0 Å². The SMILES string of the molecule is CN1CCCN(C(=O)c2ccc(NC(=O)c3cccs3)cc2)CC1. The van der Waals surface area contributed by atoms with Crippen molar-refractivity contribution in [1.29, 1.82) is 0 Å². The van der Waals surface area contributed by atoms with Gasteiger partial charge < -0.3 is 15.1 Å². The molecule has 0 unspecified atom stereocenters. The number of hydrogen-bond acceptors (Lipinski definition) is 4. The average Bonchev–Trinajstić information content (AvgIpc) is 3.04. The lowest BCUT2D eigenvalue weighted by molar-refractivity contribution is 0.0762. The molecule has 1 aromatic carbocycles. The normalized spacial score (nSPS) is 15.8. The van der Waals surface area contributed by atoms with Crippen LogP contribution in [0.2, 0.25) is 0 Å². The number of hydrogen-bond donors (Lipinski definition) is 1. The molecule has 0 saturated carbocycles. The second kappa shape index (κ2) is 7.59. The molecule has 2 heterocycles. The molecule has 1 aliphatic heterocycles. The summed E-state index contributed by atoms with van der Waals surface area (Å²) in [4.78, 5) is 29.5. The highest BCUT2D eigenvalue weighted by Crippen LogP contribution is 2.16. The molecule has 0 aliphatic carbocycles. The molecule has 5 nitrogen and oxygen atoms in total. The van der Waals surface area contributed by atoms with Crippen molar-refractivity contribution in [3.63, 3.8) is 0 Å². The third kappa shape index (κ3) is 4.01. The van der Waals surface area contributed by atoms with Gasteiger partial charge in [0.15, 0.2) is 0 Å². The van der Waals surface area contributed by atoms with Crippen LogP contribution < -0.4 is 5.32 Å². The minimum atomic E-state index is -0.125. The van der Waals surface area contributed by atoms with Crippen LogP contribution in [0.3, 0.4) is 0 Å². The van der Waals surface area contributed by atoms with E-state index in [-0.39, 0.29) is 11.8 Å². The van der Waals surface area contributed by atoms with Gasteiger partial charge in [-0.3, -0.25) is 9.59 Å². The molecular weight excluding hydrogens is 322 g/mol. The number of thiophene rings is 1. The Morgan fingerprint density at radius 1 is 1.04 bits per heavy atom. The van der Waals surface area contributed by atoms with Crippen LogP contribution in [0.5, 0.6) is 0 Å². The highest BCUT2D eigenvalue weighted by molar-refractivity contribution is 7.12. The van der Waals surface area contributed by atoms with Gasteiger partial charge in [0.05, 0.1) is 4.88 Å². The molecule has 1 aromatic heterocycles. The monoisotopic (exact) mass is 343 g/mol. The van der Waals surface area contributed by atoms with Gasteiger partial charge >= 0.3 is 0 Å². The van der Waals surface area contributed by atoms with Crippen molar-refractivity contribution >= 4 is 28.8 Å². The fourth-order valence-corrected chi connectivity index (χ4v) is 3.35. The summed E-state index contributed by atoms with van der Waals surface area (Å²) < 4.78 is 0. The molecule has 2 amide bonds. The number of benzene rings is 1. The van der Waals surface area contributed by atoms with Crippen molar-refractivity contribution in [2.45, 2.75) is 6.42 Å². The largest absolute Gasteiger partial charge is 0.337 e. The van der Waals surface area contributed by atoms with Crippen molar-refractivity contribution in [2.24, 2.45) is 0 Å². The topological polar surface area (TPSA) is 52.6 Å². The van der Waals surface area contributed by atoms with Gasteiger partial charge in [0, 0.05) is 30.9 Å². The number of amides is 2. The predicted molar refractivity (Wildman–Crippen MR) is 96.7 cm³/mol. The molecule has 3 rings (SSSR count). The molecule has 1 fully saturated rings. The van der Waals surface area contributed by atoms with Crippen molar-refractivity contribution in [2.75, 3.05) is 38.5 Å². The first-order chi connectivity index (χ1) is 11.6. The molecule has 1 aliphatic rings. The maximum absolute atomic E-state index is 12.6. The lowest BCUT2D eigenvalue weighted by Crippen LogP contribution is -2.34. The van der Waals surface area contributed by atoms with Gasteiger partial charge in [0.25, 0.3) is 11.8 Å². The number of likely N-dealkylation sites (N-methyl/N-ethyl adjacent to an activating group) is 1. The fraction of sp³-hybridized carbons (Fsp3) is 0.333. The van der Waals surface area contributed by atoms with Gasteiger partial charge in [-0.05, 0) is 55.7 Å². The van der Waals surface area contributed by atoms with Crippen molar-refractivity contribution in [1.82, 2.24) is 9.80 Å². The van der Waals surface area contributed by atoms with Gasteiger partial charge in [0.1, 0.15) is 0 Å². The van der Waals surface area contributed by atoms with Crippen LogP contribution in [0, 0.1) is 0 Å². The molecular formula is C18H21N3O2S. The number of carbonyl (C=O) groups is 2. The summed E-state index contributed by atoms with van der Waals surface area (Å²) in [5.41, 5.74) is 1.36. The maximum atomic E-state index is 12.6. The molecule has 0 spiro atoms. The molecule has 6 heteroatoms. The number of carbonyl (C=O) groups excluding carboxylic acids is 2. The highest BCUT2D eigenvalue weighted by atomic mass is 32.1. The summed E-state index contributed by atoms with van der Waals surface area (Å²) in [5.74, 6) is -0.0685. The molecule has 2 aromatic rings. The molecule has 126 valence electrons. The molecule has 0 atom stereocenters. The van der Waals surface area contributed by atoms with Crippen molar-refractivity contribution in [3.05, 3.63) is 52.2 Å². The quantitative estimate of drug-likeness (QED) is 0.932. The van der Waals surface area contributed by atoms with Crippen LogP contribution in [-0.2, 0) is 0 Å². The van der Waals surface area contributed by atoms with E-state index >= 15 is 0 Å². The van der Waals surface area contributed by atoms with E-state index in [1.807, 2.05) is 16.3 Å². The summed E-state index contributed by atoms with van der Waals surface area (Å²) in [6.07, 6.45) is 0.997. The second-order valence-electron chi connectivity index (χ2n) is 5.96. The van der Waals surface area contributed by atoms with Crippen molar-refractivity contribution < 1.29 is 9.59 Å². The number of anilines is 1. The molecule has 0 radical (unpaired) electrons. The molecule has 0 bridgehead atoms. The van der Waals surface area contributed by atoms with E-state index in [1.165, 1.54) is 11.3 Å². The number of rotatable bonds is 3. The Balaban J connectivity index is 1.63. The Labute approximate surface area is 145 Å². The average molecular weight is 343 g/mol. The molecule has 1 saturated heterocycles. The zero-order chi connectivity index (χ0) is 16.9. The van der Waals surface area contributed by atoms with Crippen LogP contribution >= 0.6 is 11.3 Å². The third-order valence-corrected chi connectivity index (χ3v) is 5.01. The summed E-state index contributed by atoms with van der Waals surface area (Å²) in [6.45, 7) is 3.48. The summed E-state index contributed by atoms with van der Waals surface area (Å²) >= 11 is 1.40. The number of nitrogens with zero attached hydrogens (tertiary/aromatic N) is 2. The van der Waals surface area contributed by atoms with E-state index in [2.05, 4.69) is 17.3 Å². The van der Waals surface area contributed by atoms with Crippen LogP contribution in [0.1, 0.15) is 26.5 Å². The lowest BCUT2D eigenvalue weighted by atomic mass is 10.1. The minimum absolute atomic E-state index is 0.0569. The Bertz CT molecular complexity index is 698. The maximum Gasteiger partial charge on any atom is 0.265 e. The van der Waals surface area contributed by atoms with E-state index < -0.39 is 0 Å². The Morgan fingerprint density at radius 2 is 1.83 bits per heavy atom. The molecule has 1 N–H and O–H groups in total. The zero-order valence-corrected chi connectivity index (χ0v) is 14.5. The van der Waals surface area contributed by atoms with Crippen LogP contribution in [0.15, 0.2) is 41.8 Å². The van der Waals surface area contributed by atoms with Gasteiger partial charge in [-0.2, -0.15) is 0 Å². The first kappa shape index (κ1) is 16.7. The summed E-state index contributed by atoms with van der Waals surface area (Å²) in [5, 5.41) is 4.72. The third-order valence-electron chi connectivity index (χ3n) is 4.14. The highest BCUT2D eigenvalue weighted by Gasteiger charge is 2.18. The standard InChI is InChI=1S/C18H21N3O2S/c1-20-9-3-10-21(12-11-20)18(23)14-5-7-15(8-6-14)19-17(22)16-4-2-13-24-16/h2,4-8,13H,3,9-12H2,1H3,(H,19,22). The Kier molecular flexibility index (Phi) is 5.27. The van der Waals surface area contributed by atoms with Crippen LogP contribution in [-0.4, -0.2) is 54.8 Å². The van der Waals surface area contributed by atoms with E-state index in [9.17, 15) is 9.59 Å². The van der Waals surface area contributed by atoms with E-state index in [1.54, 1.807) is 30.3 Å². The smallest absolute Gasteiger partial charge is 0.265 e. The van der Waals surface area contributed by atoms with Gasteiger partial charge in [-0.1, -0.05) is 6.07 Å². The van der Waals surface area contributed by atoms with Gasteiger partial charge in [0.2, 0.25) is 0 Å². The minimum Gasteiger partial charge on any atom is -0.337 e.